The van der Waals surface area contributed by atoms with Crippen LogP contribution in [0.1, 0.15) is 13.3 Å². The molecule has 0 atom stereocenters. The van der Waals surface area contributed by atoms with E-state index in [1.807, 2.05) is 15.8 Å². The van der Waals surface area contributed by atoms with E-state index in [1.165, 1.54) is 0 Å². The number of nitrogens with two attached hydrogens (primary N) is 1. The van der Waals surface area contributed by atoms with Crippen molar-refractivity contribution in [2.24, 2.45) is 0 Å². The lowest BCUT2D eigenvalue weighted by Crippen LogP contribution is -2.34. The minimum absolute atomic E-state index is 0.177. The van der Waals surface area contributed by atoms with Gasteiger partial charge in [-0.3, -0.25) is 14.4 Å². The highest BCUT2D eigenvalue weighted by molar-refractivity contribution is 5.73. The van der Waals surface area contributed by atoms with E-state index in [0.29, 0.717) is 5.82 Å². The van der Waals surface area contributed by atoms with Crippen molar-refractivity contribution in [2.45, 2.75) is 19.9 Å². The van der Waals surface area contributed by atoms with Crippen molar-refractivity contribution in [1.82, 2.24) is 19.6 Å². The summed E-state index contributed by atoms with van der Waals surface area (Å²) in [7, 11) is 0. The molecule has 1 aromatic rings. The van der Waals surface area contributed by atoms with Crippen molar-refractivity contribution in [3.05, 3.63) is 12.3 Å². The molecule has 6 nitrogen and oxygen atoms in total. The lowest BCUT2D eigenvalue weighted by Gasteiger charge is -2.20. The molecule has 2 rings (SSSR count). The number of hydrogen-bond donors (Lipinski definition) is 1. The molecule has 1 fully saturated rings. The monoisotopic (exact) mass is 251 g/mol. The number of carbonyl (C=O) groups excluding carboxylic acids is 1. The topological polar surface area (TPSA) is 67.4 Å². The Balaban J connectivity index is 1.78. The number of carbonyl (C=O) groups is 1. The van der Waals surface area contributed by atoms with E-state index in [1.54, 1.807) is 13.0 Å². The van der Waals surface area contributed by atoms with Crippen LogP contribution >= 0.6 is 0 Å². The summed E-state index contributed by atoms with van der Waals surface area (Å²) < 4.78 is 1.86. The Morgan fingerprint density at radius 3 is 2.83 bits per heavy atom. The van der Waals surface area contributed by atoms with E-state index < -0.39 is 0 Å². The quantitative estimate of drug-likeness (QED) is 0.822. The van der Waals surface area contributed by atoms with Gasteiger partial charge >= 0.3 is 0 Å². The lowest BCUT2D eigenvalue weighted by atomic mass is 10.4. The van der Waals surface area contributed by atoms with Crippen molar-refractivity contribution >= 4 is 11.7 Å². The molecule has 2 N–H and O–H groups in total. The number of hydrogen-bond acceptors (Lipinski definition) is 4. The molecule has 0 bridgehead atoms. The third-order valence-corrected chi connectivity index (χ3v) is 3.34. The SMILES string of the molecule is CC(=O)N1CCCN(CCn2ccc(N)n2)CC1. The number of nitrogen functional groups attached to an aromatic ring is 1. The maximum Gasteiger partial charge on any atom is 0.219 e. The van der Waals surface area contributed by atoms with Crippen molar-refractivity contribution < 1.29 is 4.79 Å². The molecule has 0 radical (unpaired) electrons. The molecule has 0 spiro atoms. The van der Waals surface area contributed by atoms with Gasteiger partial charge < -0.3 is 10.6 Å². The van der Waals surface area contributed by atoms with Gasteiger partial charge in [0.2, 0.25) is 5.91 Å². The van der Waals surface area contributed by atoms with Crippen LogP contribution in [0.25, 0.3) is 0 Å². The van der Waals surface area contributed by atoms with E-state index in [-0.39, 0.29) is 5.91 Å². The highest BCUT2D eigenvalue weighted by atomic mass is 16.2. The fourth-order valence-corrected chi connectivity index (χ4v) is 2.26. The van der Waals surface area contributed by atoms with Gasteiger partial charge in [0.15, 0.2) is 0 Å². The van der Waals surface area contributed by atoms with Gasteiger partial charge in [0.05, 0.1) is 6.54 Å². The Hall–Kier alpha value is -1.56. The van der Waals surface area contributed by atoms with Crippen LogP contribution in [0.4, 0.5) is 5.82 Å². The maximum atomic E-state index is 11.3. The first-order chi connectivity index (χ1) is 8.65. The van der Waals surface area contributed by atoms with Gasteiger partial charge in [0, 0.05) is 39.3 Å². The summed E-state index contributed by atoms with van der Waals surface area (Å²) in [6.07, 6.45) is 2.94. The lowest BCUT2D eigenvalue weighted by molar-refractivity contribution is -0.128. The summed E-state index contributed by atoms with van der Waals surface area (Å²) in [5.41, 5.74) is 5.57. The molecule has 100 valence electrons. The second-order valence-corrected chi connectivity index (χ2v) is 4.70. The molecule has 1 aromatic heterocycles. The Labute approximate surface area is 107 Å². The Morgan fingerprint density at radius 2 is 2.17 bits per heavy atom. The highest BCUT2D eigenvalue weighted by Crippen LogP contribution is 2.04. The summed E-state index contributed by atoms with van der Waals surface area (Å²) >= 11 is 0. The van der Waals surface area contributed by atoms with Gasteiger partial charge in [0.25, 0.3) is 0 Å². The van der Waals surface area contributed by atoms with E-state index in [2.05, 4.69) is 10.00 Å². The van der Waals surface area contributed by atoms with E-state index >= 15 is 0 Å². The zero-order valence-corrected chi connectivity index (χ0v) is 10.9. The van der Waals surface area contributed by atoms with Crippen LogP contribution in [0.3, 0.4) is 0 Å². The van der Waals surface area contributed by atoms with Gasteiger partial charge in [-0.2, -0.15) is 5.10 Å². The third kappa shape index (κ3) is 3.46. The zero-order chi connectivity index (χ0) is 13.0. The third-order valence-electron chi connectivity index (χ3n) is 3.34. The summed E-state index contributed by atoms with van der Waals surface area (Å²) in [6.45, 7) is 7.13. The summed E-state index contributed by atoms with van der Waals surface area (Å²) in [6, 6.07) is 1.81. The minimum Gasteiger partial charge on any atom is -0.382 e. The number of nitrogens with zero attached hydrogens (tertiary/aromatic N) is 4. The maximum absolute atomic E-state index is 11.3. The van der Waals surface area contributed by atoms with E-state index in [0.717, 1.165) is 45.7 Å². The van der Waals surface area contributed by atoms with Crippen LogP contribution in [-0.4, -0.2) is 58.2 Å². The number of amides is 1. The van der Waals surface area contributed by atoms with Crippen LogP contribution < -0.4 is 5.73 Å². The van der Waals surface area contributed by atoms with Gasteiger partial charge in [-0.15, -0.1) is 0 Å². The molecule has 0 unspecified atom stereocenters. The molecular weight excluding hydrogens is 230 g/mol. The Bertz CT molecular complexity index is 403. The normalized spacial score (nSPS) is 17.7. The molecular formula is C12H21N5O. The van der Waals surface area contributed by atoms with Crippen LogP contribution in [0.15, 0.2) is 12.3 Å². The highest BCUT2D eigenvalue weighted by Gasteiger charge is 2.16. The predicted octanol–water partition coefficient (Wildman–Crippen LogP) is 0.0195. The van der Waals surface area contributed by atoms with Gasteiger partial charge in [0.1, 0.15) is 5.82 Å². The molecule has 1 amide bonds. The van der Waals surface area contributed by atoms with Crippen molar-refractivity contribution in [3.63, 3.8) is 0 Å². The van der Waals surface area contributed by atoms with Crippen molar-refractivity contribution in [1.29, 1.82) is 0 Å². The average Bonchev–Trinajstić information content (AvgIpc) is 2.62. The molecule has 18 heavy (non-hydrogen) atoms. The smallest absolute Gasteiger partial charge is 0.219 e. The molecule has 6 heteroatoms. The first kappa shape index (κ1) is 12.9. The molecule has 0 saturated carbocycles. The fourth-order valence-electron chi connectivity index (χ4n) is 2.26. The summed E-state index contributed by atoms with van der Waals surface area (Å²) in [4.78, 5) is 15.6. The number of anilines is 1. The van der Waals surface area contributed by atoms with Gasteiger partial charge in [-0.05, 0) is 19.0 Å². The average molecular weight is 251 g/mol. The molecule has 0 aromatic carbocycles. The molecule has 1 saturated heterocycles. The zero-order valence-electron chi connectivity index (χ0n) is 10.9. The summed E-state index contributed by atoms with van der Waals surface area (Å²) in [5.74, 6) is 0.741. The molecule has 2 heterocycles. The first-order valence-electron chi connectivity index (χ1n) is 6.42. The second kappa shape index (κ2) is 5.86. The molecule has 0 aliphatic carbocycles. The standard InChI is InChI=1S/C12H21N5O/c1-11(18)16-5-2-4-15(7-9-16)8-10-17-6-3-12(13)14-17/h3,6H,2,4-5,7-10H2,1H3,(H2,13,14). The van der Waals surface area contributed by atoms with E-state index in [9.17, 15) is 4.79 Å². The Kier molecular flexibility index (Phi) is 4.19. The fraction of sp³-hybridized carbons (Fsp3) is 0.667. The van der Waals surface area contributed by atoms with Crippen LogP contribution in [0.5, 0.6) is 0 Å². The van der Waals surface area contributed by atoms with Crippen LogP contribution in [-0.2, 0) is 11.3 Å². The van der Waals surface area contributed by atoms with Gasteiger partial charge in [-0.25, -0.2) is 0 Å². The Morgan fingerprint density at radius 1 is 1.33 bits per heavy atom. The largest absolute Gasteiger partial charge is 0.382 e. The number of rotatable bonds is 3. The van der Waals surface area contributed by atoms with Crippen LogP contribution in [0, 0.1) is 0 Å². The van der Waals surface area contributed by atoms with Crippen molar-refractivity contribution in [3.8, 4) is 0 Å². The molecule has 1 aliphatic rings. The molecule has 1 aliphatic heterocycles. The van der Waals surface area contributed by atoms with Crippen LogP contribution in [0.2, 0.25) is 0 Å². The van der Waals surface area contributed by atoms with Crippen molar-refractivity contribution in [2.75, 3.05) is 38.5 Å². The predicted molar refractivity (Wildman–Crippen MR) is 70.0 cm³/mol. The minimum atomic E-state index is 0.177. The summed E-state index contributed by atoms with van der Waals surface area (Å²) in [5, 5.41) is 4.16. The second-order valence-electron chi connectivity index (χ2n) is 4.70. The first-order valence-corrected chi connectivity index (χ1v) is 6.42. The van der Waals surface area contributed by atoms with Gasteiger partial charge in [-0.1, -0.05) is 0 Å². The van der Waals surface area contributed by atoms with E-state index in [4.69, 9.17) is 5.73 Å². The number of aromatic nitrogens is 2.